The first-order valence-corrected chi connectivity index (χ1v) is 5.05. The van der Waals surface area contributed by atoms with Crippen LogP contribution in [0.5, 0.6) is 0 Å². The van der Waals surface area contributed by atoms with Crippen LogP contribution in [0.2, 0.25) is 0 Å². The van der Waals surface area contributed by atoms with Crippen LogP contribution < -0.4 is 10.6 Å². The number of likely N-dealkylation sites (N-methyl/N-ethyl adjacent to an activating group) is 1. The highest BCUT2D eigenvalue weighted by Crippen LogP contribution is 2.43. The summed E-state index contributed by atoms with van der Waals surface area (Å²) in [6.07, 6.45) is 0. The molecule has 1 aliphatic heterocycles. The van der Waals surface area contributed by atoms with E-state index in [-0.39, 0.29) is 5.91 Å². The molecule has 0 aliphatic carbocycles. The summed E-state index contributed by atoms with van der Waals surface area (Å²) in [4.78, 5) is 13.7. The molecule has 1 aliphatic rings. The van der Waals surface area contributed by atoms with Gasteiger partial charge >= 0.3 is 0 Å². The fraction of sp³-hybridized carbons (Fsp3) is 0.417. The van der Waals surface area contributed by atoms with Gasteiger partial charge in [0.05, 0.1) is 11.1 Å². The van der Waals surface area contributed by atoms with Crippen molar-refractivity contribution in [3.63, 3.8) is 0 Å². The van der Waals surface area contributed by atoms with Gasteiger partial charge in [0.1, 0.15) is 0 Å². The van der Waals surface area contributed by atoms with Gasteiger partial charge in [0.2, 0.25) is 5.91 Å². The summed E-state index contributed by atoms with van der Waals surface area (Å²) >= 11 is 0. The Labute approximate surface area is 89.9 Å². The lowest BCUT2D eigenvalue weighted by Gasteiger charge is -2.16. The number of nitrogens with two attached hydrogens (primary N) is 1. The Morgan fingerprint density at radius 1 is 1.33 bits per heavy atom. The molecule has 0 saturated carbocycles. The summed E-state index contributed by atoms with van der Waals surface area (Å²) in [6.45, 7) is 5.86. The van der Waals surface area contributed by atoms with Crippen molar-refractivity contribution in [1.29, 1.82) is 0 Å². The van der Waals surface area contributed by atoms with Gasteiger partial charge in [-0.05, 0) is 38.0 Å². The molecule has 0 bridgehead atoms. The molecule has 1 amide bonds. The van der Waals surface area contributed by atoms with Crippen molar-refractivity contribution in [2.24, 2.45) is 0 Å². The van der Waals surface area contributed by atoms with E-state index in [2.05, 4.69) is 0 Å². The summed E-state index contributed by atoms with van der Waals surface area (Å²) in [5.41, 5.74) is 9.21. The molecule has 0 unspecified atom stereocenters. The zero-order chi connectivity index (χ0) is 11.4. The minimum Gasteiger partial charge on any atom is -0.398 e. The van der Waals surface area contributed by atoms with Crippen LogP contribution in [-0.2, 0) is 10.2 Å². The number of rotatable bonds is 0. The summed E-state index contributed by atoms with van der Waals surface area (Å²) < 4.78 is 0. The first-order chi connectivity index (χ1) is 6.87. The smallest absolute Gasteiger partial charge is 0.236 e. The average Bonchev–Trinajstić information content (AvgIpc) is 2.34. The van der Waals surface area contributed by atoms with Gasteiger partial charge in [-0.2, -0.15) is 0 Å². The predicted octanol–water partition coefficient (Wildman–Crippen LogP) is 1.83. The van der Waals surface area contributed by atoms with E-state index in [1.165, 1.54) is 0 Å². The molecular formula is C12H16N2O. The zero-order valence-electron chi connectivity index (χ0n) is 9.59. The molecule has 0 aromatic heterocycles. The Morgan fingerprint density at radius 3 is 2.53 bits per heavy atom. The average molecular weight is 204 g/mol. The van der Waals surface area contributed by atoms with Crippen molar-refractivity contribution in [3.8, 4) is 0 Å². The molecule has 1 heterocycles. The van der Waals surface area contributed by atoms with Crippen LogP contribution in [0.1, 0.15) is 25.0 Å². The minimum atomic E-state index is -0.428. The Kier molecular flexibility index (Phi) is 1.84. The van der Waals surface area contributed by atoms with Gasteiger partial charge in [-0.25, -0.2) is 0 Å². The second kappa shape index (κ2) is 2.75. The van der Waals surface area contributed by atoms with Crippen LogP contribution in [0.15, 0.2) is 12.1 Å². The Bertz CT molecular complexity index is 449. The minimum absolute atomic E-state index is 0.131. The van der Waals surface area contributed by atoms with Crippen LogP contribution in [0.4, 0.5) is 11.4 Å². The molecule has 1 aromatic rings. The Morgan fingerprint density at radius 2 is 1.93 bits per heavy atom. The second-order valence-electron chi connectivity index (χ2n) is 4.67. The number of carbonyl (C=O) groups excluding carboxylic acids is 1. The molecular weight excluding hydrogens is 188 g/mol. The lowest BCUT2D eigenvalue weighted by atomic mass is 9.85. The fourth-order valence-corrected chi connectivity index (χ4v) is 2.29. The summed E-state index contributed by atoms with van der Waals surface area (Å²) in [5, 5.41) is 0. The van der Waals surface area contributed by atoms with Crippen molar-refractivity contribution < 1.29 is 4.79 Å². The number of benzene rings is 1. The molecule has 0 spiro atoms. The molecule has 80 valence electrons. The van der Waals surface area contributed by atoms with Gasteiger partial charge in [-0.1, -0.05) is 6.07 Å². The molecule has 2 rings (SSSR count). The van der Waals surface area contributed by atoms with Gasteiger partial charge < -0.3 is 10.6 Å². The van der Waals surface area contributed by atoms with E-state index in [1.807, 2.05) is 40.0 Å². The highest BCUT2D eigenvalue weighted by molar-refractivity contribution is 6.08. The van der Waals surface area contributed by atoms with Crippen LogP contribution in [-0.4, -0.2) is 13.0 Å². The normalized spacial score (nSPS) is 18.1. The topological polar surface area (TPSA) is 46.3 Å². The third kappa shape index (κ3) is 1.09. The number of nitrogens with zero attached hydrogens (tertiary/aromatic N) is 1. The maximum Gasteiger partial charge on any atom is 0.236 e. The van der Waals surface area contributed by atoms with Crippen LogP contribution in [0.25, 0.3) is 0 Å². The third-order valence-electron chi connectivity index (χ3n) is 3.32. The number of hydrogen-bond donors (Lipinski definition) is 1. The van der Waals surface area contributed by atoms with Gasteiger partial charge in [0.25, 0.3) is 0 Å². The number of amides is 1. The van der Waals surface area contributed by atoms with E-state index in [1.54, 1.807) is 4.90 Å². The van der Waals surface area contributed by atoms with E-state index in [4.69, 9.17) is 5.73 Å². The van der Waals surface area contributed by atoms with E-state index in [0.717, 1.165) is 22.5 Å². The van der Waals surface area contributed by atoms with Crippen molar-refractivity contribution >= 4 is 17.3 Å². The molecule has 0 atom stereocenters. The van der Waals surface area contributed by atoms with E-state index >= 15 is 0 Å². The second-order valence-corrected chi connectivity index (χ2v) is 4.67. The summed E-state index contributed by atoms with van der Waals surface area (Å²) in [7, 11) is 1.81. The quantitative estimate of drug-likeness (QED) is 0.655. The lowest BCUT2D eigenvalue weighted by molar-refractivity contribution is -0.121. The maximum atomic E-state index is 12.0. The van der Waals surface area contributed by atoms with Crippen molar-refractivity contribution in [2.45, 2.75) is 26.2 Å². The SMILES string of the molecule is Cc1c(N)ccc2c1N(C)C(=O)C2(C)C. The predicted molar refractivity (Wildman–Crippen MR) is 62.0 cm³/mol. The lowest BCUT2D eigenvalue weighted by Crippen LogP contribution is -2.33. The Hall–Kier alpha value is -1.51. The van der Waals surface area contributed by atoms with Gasteiger partial charge in [0, 0.05) is 12.7 Å². The largest absolute Gasteiger partial charge is 0.398 e. The molecule has 3 heteroatoms. The number of anilines is 2. The molecule has 0 saturated heterocycles. The fourth-order valence-electron chi connectivity index (χ4n) is 2.29. The summed E-state index contributed by atoms with van der Waals surface area (Å²) in [6, 6.07) is 3.83. The highest BCUT2D eigenvalue weighted by Gasteiger charge is 2.43. The molecule has 15 heavy (non-hydrogen) atoms. The standard InChI is InChI=1S/C12H16N2O/c1-7-9(13)6-5-8-10(7)14(4)11(15)12(8,2)3/h5-6H,13H2,1-4H3. The highest BCUT2D eigenvalue weighted by atomic mass is 16.2. The Balaban J connectivity index is 2.77. The first kappa shape index (κ1) is 10.0. The monoisotopic (exact) mass is 204 g/mol. The van der Waals surface area contributed by atoms with Gasteiger partial charge in [-0.3, -0.25) is 4.79 Å². The summed E-state index contributed by atoms with van der Waals surface area (Å²) in [5.74, 6) is 0.131. The number of fused-ring (bicyclic) bond motifs is 1. The van der Waals surface area contributed by atoms with Crippen molar-refractivity contribution in [2.75, 3.05) is 17.7 Å². The molecule has 0 radical (unpaired) electrons. The van der Waals surface area contributed by atoms with Gasteiger partial charge in [-0.15, -0.1) is 0 Å². The molecule has 1 aromatic carbocycles. The van der Waals surface area contributed by atoms with Crippen molar-refractivity contribution in [3.05, 3.63) is 23.3 Å². The molecule has 2 N–H and O–H groups in total. The van der Waals surface area contributed by atoms with Crippen molar-refractivity contribution in [1.82, 2.24) is 0 Å². The number of nitrogen functional groups attached to an aromatic ring is 1. The molecule has 3 nitrogen and oxygen atoms in total. The van der Waals surface area contributed by atoms with E-state index < -0.39 is 5.41 Å². The third-order valence-corrected chi connectivity index (χ3v) is 3.32. The van der Waals surface area contributed by atoms with Gasteiger partial charge in [0.15, 0.2) is 0 Å². The maximum absolute atomic E-state index is 12.0. The van der Waals surface area contributed by atoms with Crippen LogP contribution >= 0.6 is 0 Å². The number of hydrogen-bond acceptors (Lipinski definition) is 2. The van der Waals surface area contributed by atoms with Crippen LogP contribution in [0, 0.1) is 6.92 Å². The van der Waals surface area contributed by atoms with E-state index in [9.17, 15) is 4.79 Å². The first-order valence-electron chi connectivity index (χ1n) is 5.05. The van der Waals surface area contributed by atoms with E-state index in [0.29, 0.717) is 0 Å². The van der Waals surface area contributed by atoms with Crippen LogP contribution in [0.3, 0.4) is 0 Å². The molecule has 0 fully saturated rings. The zero-order valence-corrected chi connectivity index (χ0v) is 9.59. The number of carbonyl (C=O) groups is 1.